The van der Waals surface area contributed by atoms with Crippen molar-refractivity contribution in [2.45, 2.75) is 19.9 Å². The minimum absolute atomic E-state index is 0.445. The fourth-order valence-corrected chi connectivity index (χ4v) is 3.41. The van der Waals surface area contributed by atoms with Crippen LogP contribution < -0.4 is 20.1 Å². The number of guanidine groups is 1. The second-order valence-corrected chi connectivity index (χ2v) is 7.13. The highest BCUT2D eigenvalue weighted by atomic mass is 32.1. The summed E-state index contributed by atoms with van der Waals surface area (Å²) in [5.74, 6) is 2.84. The average Bonchev–Trinajstić information content (AvgIpc) is 3.43. The molecule has 2 aromatic heterocycles. The van der Waals surface area contributed by atoms with Crippen LogP contribution in [0.15, 0.2) is 51.4 Å². The Labute approximate surface area is 174 Å². The number of rotatable bonds is 9. The number of nitrogens with one attached hydrogen (secondary N) is 2. The van der Waals surface area contributed by atoms with E-state index in [1.807, 2.05) is 42.6 Å². The van der Waals surface area contributed by atoms with E-state index >= 15 is 0 Å². The lowest BCUT2D eigenvalue weighted by Gasteiger charge is -2.12. The number of hydrogen-bond acceptors (Lipinski definition) is 6. The van der Waals surface area contributed by atoms with Crippen molar-refractivity contribution in [3.05, 3.63) is 53.2 Å². The van der Waals surface area contributed by atoms with Crippen LogP contribution in [0.25, 0.3) is 10.8 Å². The fourth-order valence-electron chi connectivity index (χ4n) is 2.76. The van der Waals surface area contributed by atoms with E-state index in [9.17, 15) is 0 Å². The number of thiophene rings is 1. The van der Waals surface area contributed by atoms with Gasteiger partial charge >= 0.3 is 0 Å². The smallest absolute Gasteiger partial charge is 0.236 e. The minimum atomic E-state index is 0.445. The highest BCUT2D eigenvalue weighted by Gasteiger charge is 2.08. The monoisotopic (exact) mass is 414 g/mol. The lowest BCUT2D eigenvalue weighted by Crippen LogP contribution is -2.38. The maximum absolute atomic E-state index is 5.55. The number of methoxy groups -OCH3 is 2. The number of nitrogens with zero attached hydrogens (tertiary/aromatic N) is 2. The third kappa shape index (κ3) is 5.74. The summed E-state index contributed by atoms with van der Waals surface area (Å²) < 4.78 is 16.2. The fraction of sp³-hybridized carbons (Fsp3) is 0.333. The Balaban J connectivity index is 1.56. The molecule has 0 saturated heterocycles. The molecule has 29 heavy (non-hydrogen) atoms. The van der Waals surface area contributed by atoms with Crippen LogP contribution in [0, 0.1) is 0 Å². The molecule has 2 N–H and O–H groups in total. The molecule has 0 unspecified atom stereocenters. The average molecular weight is 415 g/mol. The van der Waals surface area contributed by atoms with E-state index in [0.29, 0.717) is 12.4 Å². The van der Waals surface area contributed by atoms with Crippen LogP contribution in [0.1, 0.15) is 18.2 Å². The standard InChI is InChI=1S/C21H26N4O3S/c1-4-22-21(23-10-9-15-7-8-17(26-2)18(12-15)27-3)24-13-16-14-28-20(25-16)19-6-5-11-29-19/h5-8,11-12,14H,4,9-10,13H2,1-3H3,(H2,22,23,24). The number of aromatic nitrogens is 1. The first-order chi connectivity index (χ1) is 14.2. The van der Waals surface area contributed by atoms with Gasteiger partial charge in [-0.1, -0.05) is 12.1 Å². The summed E-state index contributed by atoms with van der Waals surface area (Å²) in [6.45, 7) is 4.00. The van der Waals surface area contributed by atoms with E-state index in [1.165, 1.54) is 0 Å². The molecule has 154 valence electrons. The predicted octanol–water partition coefficient (Wildman–Crippen LogP) is 3.72. The molecular weight excluding hydrogens is 388 g/mol. The molecule has 0 saturated carbocycles. The second kappa shape index (κ2) is 10.5. The van der Waals surface area contributed by atoms with Crippen LogP contribution in [-0.2, 0) is 13.0 Å². The third-order valence-corrected chi connectivity index (χ3v) is 5.04. The van der Waals surface area contributed by atoms with Crippen LogP contribution >= 0.6 is 11.3 Å². The number of benzene rings is 1. The van der Waals surface area contributed by atoms with Crippen molar-refractivity contribution in [3.63, 3.8) is 0 Å². The van der Waals surface area contributed by atoms with E-state index in [2.05, 4.69) is 20.6 Å². The topological polar surface area (TPSA) is 80.9 Å². The molecule has 0 bridgehead atoms. The van der Waals surface area contributed by atoms with E-state index in [-0.39, 0.29) is 0 Å². The largest absolute Gasteiger partial charge is 0.493 e. The van der Waals surface area contributed by atoms with Crippen molar-refractivity contribution in [3.8, 4) is 22.3 Å². The maximum Gasteiger partial charge on any atom is 0.236 e. The first kappa shape index (κ1) is 20.7. The molecule has 2 heterocycles. The quantitative estimate of drug-likeness (QED) is 0.410. The van der Waals surface area contributed by atoms with Gasteiger partial charge in [-0.3, -0.25) is 0 Å². The Kier molecular flexibility index (Phi) is 7.52. The molecule has 3 aromatic rings. The molecule has 0 aliphatic rings. The van der Waals surface area contributed by atoms with Gasteiger partial charge in [0.05, 0.1) is 25.6 Å². The Morgan fingerprint density at radius 2 is 2.03 bits per heavy atom. The third-order valence-electron chi connectivity index (χ3n) is 4.18. The molecule has 8 heteroatoms. The highest BCUT2D eigenvalue weighted by molar-refractivity contribution is 7.13. The molecule has 0 aliphatic carbocycles. The minimum Gasteiger partial charge on any atom is -0.493 e. The van der Waals surface area contributed by atoms with Gasteiger partial charge in [-0.15, -0.1) is 11.3 Å². The highest BCUT2D eigenvalue weighted by Crippen LogP contribution is 2.27. The van der Waals surface area contributed by atoms with Gasteiger partial charge in [0.1, 0.15) is 12.0 Å². The van der Waals surface area contributed by atoms with Crippen molar-refractivity contribution >= 4 is 17.3 Å². The molecule has 0 atom stereocenters. The molecular formula is C21H26N4O3S. The van der Waals surface area contributed by atoms with Crippen LogP contribution in [0.5, 0.6) is 11.5 Å². The Morgan fingerprint density at radius 3 is 2.76 bits per heavy atom. The summed E-state index contributed by atoms with van der Waals surface area (Å²) in [5.41, 5.74) is 1.95. The normalized spacial score (nSPS) is 11.3. The maximum atomic E-state index is 5.55. The van der Waals surface area contributed by atoms with Crippen LogP contribution in [0.3, 0.4) is 0 Å². The van der Waals surface area contributed by atoms with E-state index in [1.54, 1.807) is 31.8 Å². The molecule has 3 rings (SSSR count). The Bertz CT molecular complexity index is 922. The van der Waals surface area contributed by atoms with Gasteiger partial charge in [0, 0.05) is 13.1 Å². The van der Waals surface area contributed by atoms with Gasteiger partial charge in [0.15, 0.2) is 17.5 Å². The zero-order valence-electron chi connectivity index (χ0n) is 16.9. The van der Waals surface area contributed by atoms with E-state index in [4.69, 9.17) is 13.9 Å². The zero-order chi connectivity index (χ0) is 20.5. The molecule has 0 fully saturated rings. The summed E-state index contributed by atoms with van der Waals surface area (Å²) in [7, 11) is 3.28. The Morgan fingerprint density at radius 1 is 1.17 bits per heavy atom. The molecule has 0 amide bonds. The SMILES string of the molecule is CCNC(=NCc1coc(-c2cccs2)n1)NCCc1ccc(OC)c(OC)c1. The van der Waals surface area contributed by atoms with Crippen molar-refractivity contribution in [2.75, 3.05) is 27.3 Å². The second-order valence-electron chi connectivity index (χ2n) is 6.18. The summed E-state index contributed by atoms with van der Waals surface area (Å²) >= 11 is 1.60. The lowest BCUT2D eigenvalue weighted by atomic mass is 10.1. The number of ether oxygens (including phenoxy) is 2. The van der Waals surface area contributed by atoms with Crippen LogP contribution in [-0.4, -0.2) is 38.3 Å². The van der Waals surface area contributed by atoms with Gasteiger partial charge in [-0.25, -0.2) is 9.98 Å². The van der Waals surface area contributed by atoms with Crippen molar-refractivity contribution in [1.29, 1.82) is 0 Å². The first-order valence-electron chi connectivity index (χ1n) is 9.44. The summed E-state index contributed by atoms with van der Waals surface area (Å²) in [4.78, 5) is 10.1. The van der Waals surface area contributed by atoms with E-state index < -0.39 is 0 Å². The van der Waals surface area contributed by atoms with Crippen molar-refractivity contribution in [1.82, 2.24) is 15.6 Å². The Hall–Kier alpha value is -3.00. The zero-order valence-corrected chi connectivity index (χ0v) is 17.7. The lowest BCUT2D eigenvalue weighted by molar-refractivity contribution is 0.354. The molecule has 1 aromatic carbocycles. The van der Waals surface area contributed by atoms with Gasteiger partial charge in [0.25, 0.3) is 0 Å². The predicted molar refractivity (Wildman–Crippen MR) is 116 cm³/mol. The van der Waals surface area contributed by atoms with Gasteiger partial charge in [0.2, 0.25) is 5.89 Å². The summed E-state index contributed by atoms with van der Waals surface area (Å²) in [6.07, 6.45) is 2.49. The van der Waals surface area contributed by atoms with Crippen LogP contribution in [0.2, 0.25) is 0 Å². The van der Waals surface area contributed by atoms with Crippen LogP contribution in [0.4, 0.5) is 0 Å². The van der Waals surface area contributed by atoms with Gasteiger partial charge in [-0.2, -0.15) is 0 Å². The molecule has 0 aliphatic heterocycles. The van der Waals surface area contributed by atoms with E-state index in [0.717, 1.165) is 53.1 Å². The number of hydrogen-bond donors (Lipinski definition) is 2. The molecule has 0 radical (unpaired) electrons. The van der Waals surface area contributed by atoms with Gasteiger partial charge in [-0.05, 0) is 42.5 Å². The number of aliphatic imine (C=N–C) groups is 1. The molecule has 7 nitrogen and oxygen atoms in total. The first-order valence-corrected chi connectivity index (χ1v) is 10.3. The van der Waals surface area contributed by atoms with Crippen molar-refractivity contribution in [2.24, 2.45) is 4.99 Å². The molecule has 0 spiro atoms. The summed E-state index contributed by atoms with van der Waals surface area (Å²) in [6, 6.07) is 9.92. The van der Waals surface area contributed by atoms with Gasteiger partial charge < -0.3 is 24.5 Å². The van der Waals surface area contributed by atoms with Crippen molar-refractivity contribution < 1.29 is 13.9 Å². The summed E-state index contributed by atoms with van der Waals surface area (Å²) in [5, 5.41) is 8.61. The number of oxazole rings is 1.